The second kappa shape index (κ2) is 6.26. The normalized spacial score (nSPS) is 13.9. The van der Waals surface area contributed by atoms with Gasteiger partial charge in [-0.05, 0) is 38.0 Å². The molecule has 1 saturated carbocycles. The molecule has 0 radical (unpaired) electrons. The van der Waals surface area contributed by atoms with E-state index in [4.69, 9.17) is 9.84 Å². The van der Waals surface area contributed by atoms with Crippen LogP contribution in [0.15, 0.2) is 22.7 Å². The van der Waals surface area contributed by atoms with Crippen molar-refractivity contribution in [2.24, 2.45) is 0 Å². The van der Waals surface area contributed by atoms with Crippen molar-refractivity contribution in [1.29, 1.82) is 0 Å². The van der Waals surface area contributed by atoms with E-state index < -0.39 is 5.97 Å². The number of carbonyl (C=O) groups is 2. The van der Waals surface area contributed by atoms with E-state index in [0.29, 0.717) is 17.1 Å². The first kappa shape index (κ1) is 14.8. The van der Waals surface area contributed by atoms with Gasteiger partial charge in [-0.15, -0.1) is 0 Å². The molecule has 5 nitrogen and oxygen atoms in total. The summed E-state index contributed by atoms with van der Waals surface area (Å²) in [7, 11) is 0. The molecule has 1 fully saturated rings. The van der Waals surface area contributed by atoms with Crippen molar-refractivity contribution in [2.45, 2.75) is 25.8 Å². The highest BCUT2D eigenvalue weighted by molar-refractivity contribution is 9.10. The number of hydrogen-bond donors (Lipinski definition) is 1. The minimum atomic E-state index is -1.08. The number of hydrogen-bond acceptors (Lipinski definition) is 3. The maximum atomic E-state index is 12.0. The zero-order valence-corrected chi connectivity index (χ0v) is 12.7. The van der Waals surface area contributed by atoms with Crippen LogP contribution in [-0.2, 0) is 4.79 Å². The Morgan fingerprint density at radius 2 is 2.15 bits per heavy atom. The zero-order valence-electron chi connectivity index (χ0n) is 11.1. The monoisotopic (exact) mass is 341 g/mol. The van der Waals surface area contributed by atoms with Gasteiger partial charge in [0, 0.05) is 17.1 Å². The van der Waals surface area contributed by atoms with Gasteiger partial charge in [-0.1, -0.05) is 15.9 Å². The first-order valence-corrected chi connectivity index (χ1v) is 7.27. The maximum absolute atomic E-state index is 12.0. The SMILES string of the molecule is CCN(C(=O)COc1ccc(Br)cc1C(=O)O)C1CC1. The van der Waals surface area contributed by atoms with E-state index >= 15 is 0 Å². The van der Waals surface area contributed by atoms with Gasteiger partial charge in [-0.2, -0.15) is 0 Å². The van der Waals surface area contributed by atoms with E-state index in [-0.39, 0.29) is 23.8 Å². The lowest BCUT2D eigenvalue weighted by Gasteiger charge is -2.20. The van der Waals surface area contributed by atoms with Crippen LogP contribution in [-0.4, -0.2) is 41.1 Å². The van der Waals surface area contributed by atoms with Crippen LogP contribution in [0.5, 0.6) is 5.75 Å². The van der Waals surface area contributed by atoms with Crippen LogP contribution in [0.4, 0.5) is 0 Å². The molecule has 0 saturated heterocycles. The Balaban J connectivity index is 2.03. The molecule has 0 unspecified atom stereocenters. The van der Waals surface area contributed by atoms with E-state index in [1.54, 1.807) is 17.0 Å². The van der Waals surface area contributed by atoms with Gasteiger partial charge in [0.05, 0.1) is 0 Å². The van der Waals surface area contributed by atoms with E-state index in [0.717, 1.165) is 12.8 Å². The highest BCUT2D eigenvalue weighted by Crippen LogP contribution is 2.27. The Bertz CT molecular complexity index is 528. The van der Waals surface area contributed by atoms with E-state index in [9.17, 15) is 9.59 Å². The molecule has 0 spiro atoms. The number of carboxylic acids is 1. The van der Waals surface area contributed by atoms with Gasteiger partial charge in [-0.3, -0.25) is 4.79 Å². The number of carbonyl (C=O) groups excluding carboxylic acids is 1. The molecular weight excluding hydrogens is 326 g/mol. The van der Waals surface area contributed by atoms with Crippen LogP contribution >= 0.6 is 15.9 Å². The second-order valence-electron chi connectivity index (χ2n) is 4.65. The number of aromatic carboxylic acids is 1. The van der Waals surface area contributed by atoms with E-state index in [1.807, 2.05) is 6.92 Å². The molecule has 0 atom stereocenters. The molecule has 108 valence electrons. The Morgan fingerprint density at radius 1 is 1.45 bits per heavy atom. The molecule has 1 aromatic rings. The molecule has 1 aromatic carbocycles. The van der Waals surface area contributed by atoms with Crippen molar-refractivity contribution in [3.8, 4) is 5.75 Å². The smallest absolute Gasteiger partial charge is 0.339 e. The third kappa shape index (κ3) is 3.50. The summed E-state index contributed by atoms with van der Waals surface area (Å²) in [5, 5.41) is 9.11. The summed E-state index contributed by atoms with van der Waals surface area (Å²) in [4.78, 5) is 24.9. The first-order chi connectivity index (χ1) is 9.52. The van der Waals surface area contributed by atoms with Crippen LogP contribution in [0, 0.1) is 0 Å². The number of rotatable bonds is 6. The van der Waals surface area contributed by atoms with Crippen molar-refractivity contribution in [3.63, 3.8) is 0 Å². The second-order valence-corrected chi connectivity index (χ2v) is 5.56. The molecule has 0 heterocycles. The van der Waals surface area contributed by atoms with Crippen LogP contribution in [0.3, 0.4) is 0 Å². The Labute approximate surface area is 125 Å². The minimum Gasteiger partial charge on any atom is -0.483 e. The van der Waals surface area contributed by atoms with Gasteiger partial charge in [0.1, 0.15) is 11.3 Å². The molecule has 1 aliphatic rings. The van der Waals surface area contributed by atoms with Gasteiger partial charge in [0.25, 0.3) is 5.91 Å². The topological polar surface area (TPSA) is 66.8 Å². The number of likely N-dealkylation sites (N-methyl/N-ethyl adjacent to an activating group) is 1. The third-order valence-corrected chi connectivity index (χ3v) is 3.67. The standard InChI is InChI=1S/C14H16BrNO4/c1-2-16(10-4-5-10)13(17)8-20-12-6-3-9(15)7-11(12)14(18)19/h3,6-7,10H,2,4-5,8H2,1H3,(H,18,19). The summed E-state index contributed by atoms with van der Waals surface area (Å²) < 4.78 is 6.04. The molecule has 1 N–H and O–H groups in total. The number of nitrogens with zero attached hydrogens (tertiary/aromatic N) is 1. The fourth-order valence-electron chi connectivity index (χ4n) is 2.04. The summed E-state index contributed by atoms with van der Waals surface area (Å²) in [6, 6.07) is 5.03. The summed E-state index contributed by atoms with van der Waals surface area (Å²) in [5.74, 6) is -0.974. The molecule has 20 heavy (non-hydrogen) atoms. The number of carboxylic acid groups (broad SMARTS) is 1. The molecule has 0 bridgehead atoms. The average molecular weight is 342 g/mol. The summed E-state index contributed by atoms with van der Waals surface area (Å²) in [6.07, 6.45) is 2.08. The molecule has 0 aromatic heterocycles. The van der Waals surface area contributed by atoms with E-state index in [1.165, 1.54) is 6.07 Å². The van der Waals surface area contributed by atoms with Crippen molar-refractivity contribution < 1.29 is 19.4 Å². The lowest BCUT2D eigenvalue weighted by Crippen LogP contribution is -2.36. The maximum Gasteiger partial charge on any atom is 0.339 e. The number of benzene rings is 1. The average Bonchev–Trinajstić information content (AvgIpc) is 3.22. The molecule has 1 aliphatic carbocycles. The summed E-state index contributed by atoms with van der Waals surface area (Å²) >= 11 is 3.21. The highest BCUT2D eigenvalue weighted by Gasteiger charge is 2.31. The lowest BCUT2D eigenvalue weighted by atomic mass is 10.2. The van der Waals surface area contributed by atoms with Crippen LogP contribution < -0.4 is 4.74 Å². The van der Waals surface area contributed by atoms with Gasteiger partial charge in [0.15, 0.2) is 6.61 Å². The first-order valence-electron chi connectivity index (χ1n) is 6.48. The quantitative estimate of drug-likeness (QED) is 0.863. The zero-order chi connectivity index (χ0) is 14.7. The molecule has 0 aliphatic heterocycles. The fraction of sp³-hybridized carbons (Fsp3) is 0.429. The van der Waals surface area contributed by atoms with Gasteiger partial charge < -0.3 is 14.7 Å². The van der Waals surface area contributed by atoms with Crippen molar-refractivity contribution in [3.05, 3.63) is 28.2 Å². The van der Waals surface area contributed by atoms with Crippen LogP contribution in [0.25, 0.3) is 0 Å². The summed E-state index contributed by atoms with van der Waals surface area (Å²) in [5.41, 5.74) is 0.0432. The Morgan fingerprint density at radius 3 is 2.70 bits per heavy atom. The summed E-state index contributed by atoms with van der Waals surface area (Å²) in [6.45, 7) is 2.45. The molecular formula is C14H16BrNO4. The molecule has 1 amide bonds. The largest absolute Gasteiger partial charge is 0.483 e. The van der Waals surface area contributed by atoms with Gasteiger partial charge >= 0.3 is 5.97 Å². The molecule has 6 heteroatoms. The Hall–Kier alpha value is -1.56. The van der Waals surface area contributed by atoms with Crippen molar-refractivity contribution in [2.75, 3.05) is 13.2 Å². The lowest BCUT2D eigenvalue weighted by molar-refractivity contribution is -0.133. The predicted molar refractivity (Wildman–Crippen MR) is 77.0 cm³/mol. The Kier molecular flexibility index (Phi) is 4.65. The van der Waals surface area contributed by atoms with Gasteiger partial charge in [0.2, 0.25) is 0 Å². The van der Waals surface area contributed by atoms with Crippen molar-refractivity contribution in [1.82, 2.24) is 4.90 Å². The highest BCUT2D eigenvalue weighted by atomic mass is 79.9. The number of ether oxygens (including phenoxy) is 1. The third-order valence-electron chi connectivity index (χ3n) is 3.17. The van der Waals surface area contributed by atoms with Crippen LogP contribution in [0.2, 0.25) is 0 Å². The van der Waals surface area contributed by atoms with Crippen molar-refractivity contribution >= 4 is 27.8 Å². The van der Waals surface area contributed by atoms with E-state index in [2.05, 4.69) is 15.9 Å². The molecule has 2 rings (SSSR count). The number of amides is 1. The predicted octanol–water partition coefficient (Wildman–Crippen LogP) is 2.54. The fourth-order valence-corrected chi connectivity index (χ4v) is 2.40. The number of halogens is 1. The minimum absolute atomic E-state index is 0.0432. The van der Waals surface area contributed by atoms with Crippen LogP contribution in [0.1, 0.15) is 30.1 Å². The van der Waals surface area contributed by atoms with Gasteiger partial charge in [-0.25, -0.2) is 4.79 Å².